The summed E-state index contributed by atoms with van der Waals surface area (Å²) >= 11 is 11.2. The highest BCUT2D eigenvalue weighted by molar-refractivity contribution is 7.86. The second kappa shape index (κ2) is 2.24. The fourth-order valence-electron chi connectivity index (χ4n) is 0.983. The molecular weight excluding hydrogens is 214 g/mol. The predicted molar refractivity (Wildman–Crippen MR) is 42.1 cm³/mol. The van der Waals surface area contributed by atoms with E-state index in [4.69, 9.17) is 23.2 Å². The average Bonchev–Trinajstić information content (AvgIpc) is 1.96. The van der Waals surface area contributed by atoms with Gasteiger partial charge in [0.1, 0.15) is 4.33 Å². The van der Waals surface area contributed by atoms with Crippen LogP contribution in [0.25, 0.3) is 0 Å². The van der Waals surface area contributed by atoms with Gasteiger partial charge in [0.15, 0.2) is 0 Å². The molecule has 0 aromatic heterocycles. The van der Waals surface area contributed by atoms with Gasteiger partial charge >= 0.3 is 10.2 Å². The Hall–Kier alpha value is 0.460. The van der Waals surface area contributed by atoms with Crippen LogP contribution in [-0.2, 0) is 10.2 Å². The van der Waals surface area contributed by atoms with Crippen molar-refractivity contribution in [2.24, 2.45) is 5.41 Å². The van der Waals surface area contributed by atoms with E-state index in [1.165, 1.54) is 0 Å². The van der Waals surface area contributed by atoms with Crippen molar-refractivity contribution >= 4 is 33.4 Å². The predicted octanol–water partition coefficient (Wildman–Crippen LogP) is 1.87. The minimum atomic E-state index is -4.46. The maximum Gasteiger partial charge on any atom is 0.303 e. The van der Waals surface area contributed by atoms with Crippen LogP contribution in [0.1, 0.15) is 13.3 Å². The third-order valence-corrected chi connectivity index (χ3v) is 4.02. The van der Waals surface area contributed by atoms with E-state index >= 15 is 0 Å². The Kier molecular flexibility index (Phi) is 1.94. The van der Waals surface area contributed by atoms with Crippen LogP contribution in [0.4, 0.5) is 3.89 Å². The van der Waals surface area contributed by atoms with Crippen LogP contribution in [0.5, 0.6) is 0 Å². The van der Waals surface area contributed by atoms with Gasteiger partial charge in [-0.1, -0.05) is 6.92 Å². The van der Waals surface area contributed by atoms with E-state index in [9.17, 15) is 12.3 Å². The number of hydrogen-bond donors (Lipinski definition) is 0. The monoisotopic (exact) mass is 220 g/mol. The normalized spacial score (nSPS) is 35.3. The van der Waals surface area contributed by atoms with Crippen molar-refractivity contribution in [2.45, 2.75) is 17.7 Å². The zero-order chi connectivity index (χ0) is 8.91. The average molecular weight is 221 g/mol. The zero-order valence-electron chi connectivity index (χ0n) is 5.77. The third kappa shape index (κ3) is 1.98. The summed E-state index contributed by atoms with van der Waals surface area (Å²) in [6.45, 7) is 1.55. The first-order chi connectivity index (χ1) is 4.66. The standard InChI is InChI=1S/C5H7Cl2FO2S/c1-4(2-5(4,6)7)3-11(8,9)10/h2-3H2,1H3. The molecule has 0 spiro atoms. The lowest BCUT2D eigenvalue weighted by molar-refractivity contribution is 0.525. The summed E-state index contributed by atoms with van der Waals surface area (Å²) in [5.74, 6) is -0.590. The maximum absolute atomic E-state index is 12.1. The minimum absolute atomic E-state index is 0.326. The molecule has 1 fully saturated rings. The molecule has 1 unspecified atom stereocenters. The Morgan fingerprint density at radius 3 is 2.00 bits per heavy atom. The molecule has 0 aromatic rings. The fraction of sp³-hybridized carbons (Fsp3) is 1.00. The van der Waals surface area contributed by atoms with E-state index in [1.807, 2.05) is 0 Å². The molecule has 0 amide bonds. The van der Waals surface area contributed by atoms with Crippen LogP contribution < -0.4 is 0 Å². The van der Waals surface area contributed by atoms with Crippen molar-refractivity contribution in [1.29, 1.82) is 0 Å². The first-order valence-electron chi connectivity index (χ1n) is 2.96. The molecule has 0 radical (unpaired) electrons. The highest BCUT2D eigenvalue weighted by Crippen LogP contribution is 2.64. The van der Waals surface area contributed by atoms with Crippen LogP contribution >= 0.6 is 23.2 Å². The molecule has 11 heavy (non-hydrogen) atoms. The largest absolute Gasteiger partial charge is 0.303 e. The molecule has 0 aromatic carbocycles. The zero-order valence-corrected chi connectivity index (χ0v) is 8.10. The Bertz CT molecular complexity index is 274. The molecule has 1 atom stereocenters. The molecule has 1 aliphatic rings. The van der Waals surface area contributed by atoms with Crippen molar-refractivity contribution in [2.75, 3.05) is 5.75 Å². The Morgan fingerprint density at radius 1 is 1.55 bits per heavy atom. The SMILES string of the molecule is CC1(CS(=O)(=O)F)CC1(Cl)Cl. The van der Waals surface area contributed by atoms with Gasteiger partial charge in [0.25, 0.3) is 0 Å². The van der Waals surface area contributed by atoms with Gasteiger partial charge in [0.05, 0.1) is 5.75 Å². The summed E-state index contributed by atoms with van der Waals surface area (Å²) in [5, 5.41) is 0. The number of halogens is 3. The van der Waals surface area contributed by atoms with Crippen molar-refractivity contribution in [1.82, 2.24) is 0 Å². The van der Waals surface area contributed by atoms with Crippen LogP contribution in [0.15, 0.2) is 0 Å². The molecule has 1 rings (SSSR count). The Balaban J connectivity index is 2.68. The van der Waals surface area contributed by atoms with Crippen molar-refractivity contribution < 1.29 is 12.3 Å². The first kappa shape index (κ1) is 9.55. The number of alkyl halides is 2. The second-order valence-corrected chi connectivity index (χ2v) is 5.98. The Labute approximate surface area is 74.9 Å². The van der Waals surface area contributed by atoms with Crippen molar-refractivity contribution in [3.63, 3.8) is 0 Å². The molecule has 1 aliphatic carbocycles. The van der Waals surface area contributed by atoms with Crippen LogP contribution in [0, 0.1) is 5.41 Å². The van der Waals surface area contributed by atoms with E-state index in [1.54, 1.807) is 6.92 Å². The summed E-state index contributed by atoms with van der Waals surface area (Å²) in [6.07, 6.45) is 0.326. The van der Waals surface area contributed by atoms with Gasteiger partial charge in [-0.2, -0.15) is 8.42 Å². The lowest BCUT2D eigenvalue weighted by Crippen LogP contribution is -2.15. The van der Waals surface area contributed by atoms with Crippen molar-refractivity contribution in [3.8, 4) is 0 Å². The van der Waals surface area contributed by atoms with Crippen LogP contribution in [0.3, 0.4) is 0 Å². The molecule has 0 saturated heterocycles. The van der Waals surface area contributed by atoms with Gasteiger partial charge in [-0.3, -0.25) is 0 Å². The lowest BCUT2D eigenvalue weighted by atomic mass is 10.2. The van der Waals surface area contributed by atoms with E-state index < -0.39 is 25.7 Å². The van der Waals surface area contributed by atoms with Crippen molar-refractivity contribution in [3.05, 3.63) is 0 Å². The summed E-state index contributed by atoms with van der Waals surface area (Å²) in [6, 6.07) is 0. The van der Waals surface area contributed by atoms with E-state index in [0.29, 0.717) is 6.42 Å². The number of rotatable bonds is 2. The summed E-state index contributed by atoms with van der Waals surface area (Å²) in [5.41, 5.74) is -0.802. The minimum Gasteiger partial charge on any atom is -0.195 e. The van der Waals surface area contributed by atoms with Gasteiger partial charge in [0.2, 0.25) is 0 Å². The second-order valence-electron chi connectivity index (χ2n) is 3.13. The van der Waals surface area contributed by atoms with Gasteiger partial charge in [0, 0.05) is 5.41 Å². The van der Waals surface area contributed by atoms with Gasteiger partial charge in [-0.15, -0.1) is 27.1 Å². The molecule has 0 aliphatic heterocycles. The van der Waals surface area contributed by atoms with Gasteiger partial charge < -0.3 is 0 Å². The molecular formula is C5H7Cl2FO2S. The molecule has 2 nitrogen and oxygen atoms in total. The highest BCUT2D eigenvalue weighted by Gasteiger charge is 2.64. The maximum atomic E-state index is 12.1. The Morgan fingerprint density at radius 2 is 1.91 bits per heavy atom. The van der Waals surface area contributed by atoms with Gasteiger partial charge in [-0.25, -0.2) is 0 Å². The molecule has 1 saturated carbocycles. The van der Waals surface area contributed by atoms with Crippen LogP contribution in [-0.4, -0.2) is 18.5 Å². The molecule has 66 valence electrons. The third-order valence-electron chi connectivity index (χ3n) is 1.86. The van der Waals surface area contributed by atoms with E-state index in [0.717, 1.165) is 0 Å². The quantitative estimate of drug-likeness (QED) is 0.526. The molecule has 6 heteroatoms. The number of hydrogen-bond acceptors (Lipinski definition) is 2. The summed E-state index contributed by atoms with van der Waals surface area (Å²) in [4.78, 5) is 0. The molecule has 0 heterocycles. The molecule has 0 bridgehead atoms. The lowest BCUT2D eigenvalue weighted by Gasteiger charge is -2.06. The topological polar surface area (TPSA) is 34.1 Å². The highest BCUT2D eigenvalue weighted by atomic mass is 35.5. The fourth-order valence-corrected chi connectivity index (χ4v) is 2.97. The molecule has 0 N–H and O–H groups in total. The van der Waals surface area contributed by atoms with Gasteiger partial charge in [-0.05, 0) is 6.42 Å². The van der Waals surface area contributed by atoms with E-state index in [2.05, 4.69) is 0 Å². The van der Waals surface area contributed by atoms with E-state index in [-0.39, 0.29) is 0 Å². The first-order valence-corrected chi connectivity index (χ1v) is 5.27. The van der Waals surface area contributed by atoms with Crippen LogP contribution in [0.2, 0.25) is 0 Å². The summed E-state index contributed by atoms with van der Waals surface area (Å²) < 4.78 is 31.4. The smallest absolute Gasteiger partial charge is 0.195 e. The summed E-state index contributed by atoms with van der Waals surface area (Å²) in [7, 11) is -4.46.